The molecule has 2 aromatic heterocycles. The number of rotatable bonds is 1. The van der Waals surface area contributed by atoms with Crippen molar-refractivity contribution < 1.29 is 27.8 Å². The molecule has 1 fully saturated rings. The molecular formula is C32H23F2N3O5. The molecule has 1 amide bonds. The molecular weight excluding hydrogens is 544 g/mol. The van der Waals surface area contributed by atoms with Gasteiger partial charge in [0.2, 0.25) is 5.43 Å². The van der Waals surface area contributed by atoms with E-state index in [1.165, 1.54) is 16.9 Å². The second-order valence-electron chi connectivity index (χ2n) is 10.8. The lowest BCUT2D eigenvalue weighted by molar-refractivity contribution is -0.0196. The van der Waals surface area contributed by atoms with Gasteiger partial charge in [0.25, 0.3) is 5.91 Å². The van der Waals surface area contributed by atoms with Crippen molar-refractivity contribution >= 4 is 16.9 Å². The normalized spacial score (nSPS) is 19.1. The number of carbonyl (C=O) groups is 1. The Bertz CT molecular complexity index is 2030. The zero-order chi connectivity index (χ0) is 28.9. The third kappa shape index (κ3) is 3.23. The van der Waals surface area contributed by atoms with Crippen molar-refractivity contribution in [2.45, 2.75) is 19.1 Å². The molecule has 8 nitrogen and oxygen atoms in total. The summed E-state index contributed by atoms with van der Waals surface area (Å²) < 4.78 is 44.9. The molecule has 3 aromatic carbocycles. The minimum absolute atomic E-state index is 0.0424. The number of morpholine rings is 1. The van der Waals surface area contributed by atoms with E-state index < -0.39 is 40.9 Å². The highest BCUT2D eigenvalue weighted by Crippen LogP contribution is 2.52. The van der Waals surface area contributed by atoms with Crippen molar-refractivity contribution in [3.63, 3.8) is 0 Å². The number of fused-ring (bicyclic) bond motifs is 9. The van der Waals surface area contributed by atoms with Gasteiger partial charge in [0.15, 0.2) is 23.1 Å². The van der Waals surface area contributed by atoms with E-state index in [2.05, 4.69) is 0 Å². The fourth-order valence-electron chi connectivity index (χ4n) is 6.62. The largest absolute Gasteiger partial charge is 0.502 e. The highest BCUT2D eigenvalue weighted by molar-refractivity contribution is 6.04. The standard InChI is InChI=1S/C32H23F2N3O5/c1-16-6-7-19-23(14-16)42-31-18-5-3-2-4-17(18)28(20-8-9-21(33)27(34)25(20)26(19)31)37-24-15-41-13-12-35(24)32(40)29-30(39)22(38)10-11-36(29)37/h2-11,14,24,28,39H,12-13,15H2,1H3/t24-,28+/m1/s1. The number of hydrogen-bond acceptors (Lipinski definition) is 6. The Morgan fingerprint density at radius 3 is 2.67 bits per heavy atom. The SMILES string of the molecule is Cc1ccc2c3c(oc2c1)-c1ccccc1[C@H](N1[C@@H]2COCCN2C(=O)c2c(O)c(=O)ccn21)c1ccc(F)c(F)c1-3. The molecule has 0 saturated carbocycles. The van der Waals surface area contributed by atoms with E-state index in [-0.39, 0.29) is 31.0 Å². The second-order valence-corrected chi connectivity index (χ2v) is 10.8. The van der Waals surface area contributed by atoms with Crippen LogP contribution in [0.5, 0.6) is 5.75 Å². The average molecular weight is 568 g/mol. The maximum atomic E-state index is 16.2. The van der Waals surface area contributed by atoms with Crippen LogP contribution in [0.1, 0.15) is 33.2 Å². The number of aromatic nitrogens is 1. The Balaban J connectivity index is 1.51. The van der Waals surface area contributed by atoms with E-state index in [1.807, 2.05) is 49.4 Å². The maximum absolute atomic E-state index is 16.2. The van der Waals surface area contributed by atoms with Gasteiger partial charge in [0.05, 0.1) is 19.3 Å². The van der Waals surface area contributed by atoms with Crippen LogP contribution in [0.3, 0.4) is 0 Å². The summed E-state index contributed by atoms with van der Waals surface area (Å²) in [6, 6.07) is 16.0. The molecule has 1 aliphatic carbocycles. The number of halogens is 2. The van der Waals surface area contributed by atoms with Gasteiger partial charge in [-0.05, 0) is 35.7 Å². The molecule has 2 aliphatic heterocycles. The summed E-state index contributed by atoms with van der Waals surface area (Å²) in [5.41, 5.74) is 2.86. The first kappa shape index (κ1) is 24.8. The predicted octanol–water partition coefficient (Wildman–Crippen LogP) is 5.07. The number of pyridine rings is 1. The third-order valence-corrected chi connectivity index (χ3v) is 8.46. The summed E-state index contributed by atoms with van der Waals surface area (Å²) in [6.45, 7) is 2.53. The predicted molar refractivity (Wildman–Crippen MR) is 150 cm³/mol. The number of nitrogens with zero attached hydrogens (tertiary/aromatic N) is 3. The van der Waals surface area contributed by atoms with Crippen LogP contribution < -0.4 is 10.4 Å². The Morgan fingerprint density at radius 2 is 1.81 bits per heavy atom. The first-order valence-electron chi connectivity index (χ1n) is 13.6. The number of furan rings is 1. The lowest BCUT2D eigenvalue weighted by Crippen LogP contribution is -2.66. The van der Waals surface area contributed by atoms with Gasteiger partial charge in [0.1, 0.15) is 17.5 Å². The van der Waals surface area contributed by atoms with Gasteiger partial charge < -0.3 is 19.2 Å². The molecule has 5 aromatic rings. The van der Waals surface area contributed by atoms with E-state index in [4.69, 9.17) is 9.15 Å². The summed E-state index contributed by atoms with van der Waals surface area (Å²) in [7, 11) is 0. The zero-order valence-corrected chi connectivity index (χ0v) is 22.3. The van der Waals surface area contributed by atoms with E-state index in [0.29, 0.717) is 39.0 Å². The number of benzene rings is 3. The molecule has 2 atom stereocenters. The van der Waals surface area contributed by atoms with E-state index >= 15 is 8.78 Å². The Kier molecular flexibility index (Phi) is 5.18. The molecule has 4 heterocycles. The molecule has 0 unspecified atom stereocenters. The van der Waals surface area contributed by atoms with Crippen LogP contribution in [0, 0.1) is 18.6 Å². The number of aryl methyl sites for hydroxylation is 1. The molecule has 0 spiro atoms. The fraction of sp³-hybridized carbons (Fsp3) is 0.188. The van der Waals surface area contributed by atoms with Crippen LogP contribution in [0.2, 0.25) is 0 Å². The molecule has 10 heteroatoms. The number of aromatic hydroxyl groups is 1. The topological polar surface area (TPSA) is 88.2 Å². The average Bonchev–Trinajstić information content (AvgIpc) is 3.31. The Labute approximate surface area is 237 Å². The number of amides is 1. The summed E-state index contributed by atoms with van der Waals surface area (Å²) in [5, 5.41) is 13.3. The maximum Gasteiger partial charge on any atom is 0.278 e. The highest BCUT2D eigenvalue weighted by atomic mass is 19.2. The molecule has 3 aliphatic rings. The quantitative estimate of drug-likeness (QED) is 0.304. The van der Waals surface area contributed by atoms with Crippen LogP contribution in [0.25, 0.3) is 33.4 Å². The van der Waals surface area contributed by atoms with Gasteiger partial charge in [-0.3, -0.25) is 19.3 Å². The van der Waals surface area contributed by atoms with E-state index in [1.54, 1.807) is 16.0 Å². The van der Waals surface area contributed by atoms with Crippen LogP contribution in [0.4, 0.5) is 8.78 Å². The van der Waals surface area contributed by atoms with Gasteiger partial charge in [0, 0.05) is 40.9 Å². The van der Waals surface area contributed by atoms with Crippen molar-refractivity contribution in [3.8, 4) is 28.2 Å². The third-order valence-electron chi connectivity index (χ3n) is 8.46. The van der Waals surface area contributed by atoms with Crippen molar-refractivity contribution in [2.24, 2.45) is 0 Å². The summed E-state index contributed by atoms with van der Waals surface area (Å²) >= 11 is 0. The van der Waals surface area contributed by atoms with Gasteiger partial charge in [-0.2, -0.15) is 0 Å². The van der Waals surface area contributed by atoms with Gasteiger partial charge in [-0.15, -0.1) is 0 Å². The van der Waals surface area contributed by atoms with Crippen molar-refractivity contribution in [3.05, 3.63) is 111 Å². The minimum Gasteiger partial charge on any atom is -0.502 e. The molecule has 1 saturated heterocycles. The lowest BCUT2D eigenvalue weighted by atomic mass is 9.91. The molecule has 0 radical (unpaired) electrons. The summed E-state index contributed by atoms with van der Waals surface area (Å²) in [4.78, 5) is 27.7. The Morgan fingerprint density at radius 1 is 0.976 bits per heavy atom. The van der Waals surface area contributed by atoms with Gasteiger partial charge in [-0.1, -0.05) is 42.5 Å². The fourth-order valence-corrected chi connectivity index (χ4v) is 6.62. The van der Waals surface area contributed by atoms with E-state index in [9.17, 15) is 14.7 Å². The molecule has 8 rings (SSSR count). The molecule has 210 valence electrons. The summed E-state index contributed by atoms with van der Waals surface area (Å²) in [5.74, 6) is -2.84. The van der Waals surface area contributed by atoms with Gasteiger partial charge >= 0.3 is 0 Å². The first-order valence-corrected chi connectivity index (χ1v) is 13.6. The van der Waals surface area contributed by atoms with Crippen LogP contribution in [-0.2, 0) is 4.74 Å². The van der Waals surface area contributed by atoms with E-state index in [0.717, 1.165) is 11.6 Å². The second kappa shape index (κ2) is 8.77. The zero-order valence-electron chi connectivity index (χ0n) is 22.3. The van der Waals surface area contributed by atoms with Crippen LogP contribution in [-0.4, -0.2) is 46.5 Å². The first-order chi connectivity index (χ1) is 20.3. The van der Waals surface area contributed by atoms with Gasteiger partial charge in [-0.25, -0.2) is 8.78 Å². The van der Waals surface area contributed by atoms with Crippen molar-refractivity contribution in [1.29, 1.82) is 0 Å². The minimum atomic E-state index is -1.03. The van der Waals surface area contributed by atoms with Crippen LogP contribution >= 0.6 is 0 Å². The van der Waals surface area contributed by atoms with Crippen molar-refractivity contribution in [1.82, 2.24) is 9.58 Å². The molecule has 0 bridgehead atoms. The summed E-state index contributed by atoms with van der Waals surface area (Å²) in [6.07, 6.45) is 0.729. The number of ether oxygens (including phenoxy) is 1. The molecule has 1 N–H and O–H groups in total. The monoisotopic (exact) mass is 567 g/mol. The van der Waals surface area contributed by atoms with Crippen molar-refractivity contribution in [2.75, 3.05) is 24.8 Å². The van der Waals surface area contributed by atoms with Crippen LogP contribution in [0.15, 0.2) is 76.1 Å². The number of hydrogen-bond donors (Lipinski definition) is 1. The molecule has 42 heavy (non-hydrogen) atoms. The lowest BCUT2D eigenvalue weighted by Gasteiger charge is -2.51. The highest BCUT2D eigenvalue weighted by Gasteiger charge is 2.47. The smallest absolute Gasteiger partial charge is 0.278 e. The number of carbonyl (C=O) groups excluding carboxylic acids is 1. The Hall–Kier alpha value is -4.96.